The Kier molecular flexibility index (Phi) is 3.86. The van der Waals surface area contributed by atoms with E-state index in [1.807, 2.05) is 6.92 Å². The molecule has 1 aliphatic heterocycles. The molecule has 1 amide bonds. The molecule has 0 bridgehead atoms. The van der Waals surface area contributed by atoms with Crippen LogP contribution in [0.3, 0.4) is 0 Å². The second kappa shape index (κ2) is 6.41. The summed E-state index contributed by atoms with van der Waals surface area (Å²) in [6.45, 7) is 1.84. The summed E-state index contributed by atoms with van der Waals surface area (Å²) in [5, 5.41) is 7.14. The van der Waals surface area contributed by atoms with Crippen LogP contribution in [0.1, 0.15) is 22.1 Å². The Morgan fingerprint density at radius 2 is 2.11 bits per heavy atom. The van der Waals surface area contributed by atoms with Crippen LogP contribution in [0.15, 0.2) is 36.9 Å². The van der Waals surface area contributed by atoms with Crippen molar-refractivity contribution in [3.8, 4) is 5.82 Å². The monoisotopic (exact) mass is 395 g/mol. The zero-order valence-corrected chi connectivity index (χ0v) is 15.5. The molecule has 0 radical (unpaired) electrons. The van der Waals surface area contributed by atoms with Gasteiger partial charge in [-0.25, -0.2) is 19.3 Å². The lowest BCUT2D eigenvalue weighted by molar-refractivity contribution is -0.113. The van der Waals surface area contributed by atoms with Gasteiger partial charge < -0.3 is 10.3 Å². The largest absolute Gasteiger partial charge is 0.340 e. The Morgan fingerprint density at radius 1 is 1.25 bits per heavy atom. The Bertz CT molecular complexity index is 1220. The van der Waals surface area contributed by atoms with Crippen molar-refractivity contribution >= 4 is 34.7 Å². The average Bonchev–Trinajstić information content (AvgIpc) is 3.24. The summed E-state index contributed by atoms with van der Waals surface area (Å²) in [6.07, 6.45) is 2.91. The number of imidazole rings is 1. The average molecular weight is 395 g/mol. The second-order valence-electron chi connectivity index (χ2n) is 6.32. The van der Waals surface area contributed by atoms with E-state index in [4.69, 9.17) is 0 Å². The molecule has 8 nitrogen and oxygen atoms in total. The van der Waals surface area contributed by atoms with Gasteiger partial charge in [-0.15, -0.1) is 11.8 Å². The number of H-pyrrole nitrogens is 1. The number of carbonyl (C=O) groups excluding carboxylic acids is 1. The van der Waals surface area contributed by atoms with Gasteiger partial charge in [-0.1, -0.05) is 18.2 Å². The van der Waals surface area contributed by atoms with Crippen LogP contribution < -0.4 is 5.32 Å². The number of hydrogen-bond acceptors (Lipinski definition) is 6. The number of aromatic nitrogens is 6. The summed E-state index contributed by atoms with van der Waals surface area (Å²) in [6, 6.07) is 6.60. The van der Waals surface area contributed by atoms with Gasteiger partial charge in [-0.3, -0.25) is 4.79 Å². The summed E-state index contributed by atoms with van der Waals surface area (Å²) < 4.78 is 16.1. The Hall–Kier alpha value is -3.27. The van der Waals surface area contributed by atoms with Gasteiger partial charge in [-0.2, -0.15) is 9.78 Å². The summed E-state index contributed by atoms with van der Waals surface area (Å²) in [4.78, 5) is 28.0. The van der Waals surface area contributed by atoms with Crippen molar-refractivity contribution in [3.63, 3.8) is 0 Å². The molecule has 1 atom stereocenters. The molecule has 10 heteroatoms. The van der Waals surface area contributed by atoms with E-state index < -0.39 is 0 Å². The summed E-state index contributed by atoms with van der Waals surface area (Å²) >= 11 is 1.37. The Morgan fingerprint density at radius 3 is 2.96 bits per heavy atom. The van der Waals surface area contributed by atoms with E-state index in [2.05, 4.69) is 30.4 Å². The van der Waals surface area contributed by atoms with E-state index >= 15 is 0 Å². The molecule has 1 aromatic carbocycles. The van der Waals surface area contributed by atoms with Crippen molar-refractivity contribution in [2.24, 2.45) is 0 Å². The van der Waals surface area contributed by atoms with Crippen molar-refractivity contribution in [3.05, 3.63) is 59.6 Å². The Balaban J connectivity index is 1.76. The lowest BCUT2D eigenvalue weighted by Gasteiger charge is -2.16. The number of amides is 1. The molecule has 2 N–H and O–H groups in total. The molecule has 5 rings (SSSR count). The predicted molar refractivity (Wildman–Crippen MR) is 103 cm³/mol. The van der Waals surface area contributed by atoms with Crippen LogP contribution in [0.2, 0.25) is 0 Å². The standard InChI is InChI=1S/C18H14FN7OS/c1-9-13-15(10-4-2-3-5-11(10)19)28-6-12(27)24-17(13)26(25-9)18-14-16(21-7-20-14)22-8-23-18/h2-5,7-8,15H,6H2,1H3,(H,24,27)(H,20,21,22,23)/t15-/m1/s1. The highest BCUT2D eigenvalue weighted by Gasteiger charge is 2.32. The van der Waals surface area contributed by atoms with Gasteiger partial charge in [0.25, 0.3) is 0 Å². The van der Waals surface area contributed by atoms with E-state index in [1.54, 1.807) is 22.9 Å². The van der Waals surface area contributed by atoms with E-state index in [0.29, 0.717) is 34.1 Å². The van der Waals surface area contributed by atoms with Gasteiger partial charge in [-0.05, 0) is 13.0 Å². The molecule has 0 unspecified atom stereocenters. The topological polar surface area (TPSA) is 101 Å². The van der Waals surface area contributed by atoms with Crippen molar-refractivity contribution in [1.29, 1.82) is 0 Å². The third kappa shape index (κ3) is 2.56. The summed E-state index contributed by atoms with van der Waals surface area (Å²) in [7, 11) is 0. The van der Waals surface area contributed by atoms with Crippen molar-refractivity contribution in [1.82, 2.24) is 29.7 Å². The van der Waals surface area contributed by atoms with Crippen LogP contribution in [0.5, 0.6) is 0 Å². The minimum Gasteiger partial charge on any atom is -0.340 e. The molecule has 0 fully saturated rings. The highest BCUT2D eigenvalue weighted by molar-refractivity contribution is 8.00. The summed E-state index contributed by atoms with van der Waals surface area (Å²) in [5.74, 6) is 0.657. The predicted octanol–water partition coefficient (Wildman–Crippen LogP) is 2.76. The third-order valence-electron chi connectivity index (χ3n) is 4.60. The number of aromatic amines is 1. The first-order chi connectivity index (χ1) is 13.6. The van der Waals surface area contributed by atoms with Crippen LogP contribution in [0.25, 0.3) is 17.0 Å². The molecule has 1 aliphatic rings. The minimum absolute atomic E-state index is 0.179. The zero-order chi connectivity index (χ0) is 19.3. The van der Waals surface area contributed by atoms with Crippen molar-refractivity contribution < 1.29 is 9.18 Å². The second-order valence-corrected chi connectivity index (χ2v) is 7.41. The normalized spacial score (nSPS) is 16.6. The maximum atomic E-state index is 14.5. The quantitative estimate of drug-likeness (QED) is 0.541. The van der Waals surface area contributed by atoms with E-state index in [0.717, 1.165) is 5.56 Å². The number of carbonyl (C=O) groups is 1. The molecule has 140 valence electrons. The fourth-order valence-corrected chi connectivity index (χ4v) is 4.59. The van der Waals surface area contributed by atoms with E-state index in [1.165, 1.54) is 30.5 Å². The first-order valence-corrected chi connectivity index (χ1v) is 9.58. The number of halogens is 1. The number of anilines is 1. The van der Waals surface area contributed by atoms with Crippen molar-refractivity contribution in [2.75, 3.05) is 11.1 Å². The van der Waals surface area contributed by atoms with Gasteiger partial charge in [0.1, 0.15) is 23.5 Å². The number of rotatable bonds is 2. The maximum Gasteiger partial charge on any atom is 0.235 e. The first-order valence-electron chi connectivity index (χ1n) is 8.53. The lowest BCUT2D eigenvalue weighted by atomic mass is 10.0. The molecule has 0 aliphatic carbocycles. The van der Waals surface area contributed by atoms with Crippen LogP contribution in [-0.4, -0.2) is 41.4 Å². The van der Waals surface area contributed by atoms with Crippen LogP contribution in [0.4, 0.5) is 10.2 Å². The van der Waals surface area contributed by atoms with Gasteiger partial charge in [0, 0.05) is 11.1 Å². The maximum absolute atomic E-state index is 14.5. The van der Waals surface area contributed by atoms with Crippen LogP contribution in [-0.2, 0) is 4.79 Å². The molecule has 0 saturated carbocycles. The minimum atomic E-state index is -0.372. The highest BCUT2D eigenvalue weighted by atomic mass is 32.2. The van der Waals surface area contributed by atoms with E-state index in [-0.39, 0.29) is 22.7 Å². The molecular formula is C18H14FN7OS. The highest BCUT2D eigenvalue weighted by Crippen LogP contribution is 2.44. The number of thioether (sulfide) groups is 1. The van der Waals surface area contributed by atoms with Crippen LogP contribution in [0, 0.1) is 12.7 Å². The third-order valence-corrected chi connectivity index (χ3v) is 5.85. The van der Waals surface area contributed by atoms with Crippen LogP contribution >= 0.6 is 11.8 Å². The zero-order valence-electron chi connectivity index (χ0n) is 14.7. The molecule has 0 saturated heterocycles. The molecule has 3 aromatic heterocycles. The van der Waals surface area contributed by atoms with Gasteiger partial charge >= 0.3 is 0 Å². The molecule has 28 heavy (non-hydrogen) atoms. The number of benzene rings is 1. The molecule has 4 aromatic rings. The number of fused-ring (bicyclic) bond motifs is 2. The molecule has 4 heterocycles. The fourth-order valence-electron chi connectivity index (χ4n) is 3.38. The lowest BCUT2D eigenvalue weighted by Crippen LogP contribution is -2.16. The Labute approximate surface area is 162 Å². The number of hydrogen-bond donors (Lipinski definition) is 2. The SMILES string of the molecule is Cc1nn(-c2ncnc3nc[nH]c23)c2c1[C@@H](c1ccccc1F)SCC(=O)N2. The van der Waals surface area contributed by atoms with Crippen molar-refractivity contribution in [2.45, 2.75) is 12.2 Å². The number of nitrogens with zero attached hydrogens (tertiary/aromatic N) is 5. The van der Waals surface area contributed by atoms with Gasteiger partial charge in [0.2, 0.25) is 5.91 Å². The first kappa shape index (κ1) is 16.9. The molecule has 0 spiro atoms. The number of nitrogens with one attached hydrogen (secondary N) is 2. The number of aryl methyl sites for hydroxylation is 1. The van der Waals surface area contributed by atoms with Gasteiger partial charge in [0.15, 0.2) is 11.5 Å². The smallest absolute Gasteiger partial charge is 0.235 e. The van der Waals surface area contributed by atoms with E-state index in [9.17, 15) is 9.18 Å². The fraction of sp³-hybridized carbons (Fsp3) is 0.167. The molecular weight excluding hydrogens is 381 g/mol. The van der Waals surface area contributed by atoms with Gasteiger partial charge in [0.05, 0.1) is 23.0 Å². The summed E-state index contributed by atoms with van der Waals surface area (Å²) in [5.41, 5.74) is 3.05.